The monoisotopic (exact) mass is 377 g/mol. The van der Waals surface area contributed by atoms with Crippen molar-refractivity contribution in [2.24, 2.45) is 0 Å². The SMILES string of the molecule is O=C(NCCO)C(=O)NC[C@H]1OCCCN1S(=O)(=O)c1cccs1. The summed E-state index contributed by atoms with van der Waals surface area (Å²) < 4.78 is 32.1. The number of aliphatic hydroxyl groups excluding tert-OH is 1. The van der Waals surface area contributed by atoms with Gasteiger partial charge in [0.2, 0.25) is 0 Å². The zero-order valence-corrected chi connectivity index (χ0v) is 14.4. The standard InChI is InChI=1S/C13H19N3O6S2/c17-6-4-14-12(18)13(19)15-9-10-16(5-2-7-22-10)24(20,21)11-3-1-8-23-11/h1,3,8,10,17H,2,4-7,9H2,(H,14,18)(H,15,19)/t10-/m1/s1. The zero-order chi connectivity index (χ0) is 17.6. The fourth-order valence-electron chi connectivity index (χ4n) is 2.14. The normalized spacial score (nSPS) is 19.0. The van der Waals surface area contributed by atoms with Gasteiger partial charge in [-0.1, -0.05) is 6.07 Å². The summed E-state index contributed by atoms with van der Waals surface area (Å²) in [6.45, 7) is 0.184. The second-order valence-corrected chi connectivity index (χ2v) is 7.98. The predicted molar refractivity (Wildman–Crippen MR) is 85.7 cm³/mol. The maximum atomic E-state index is 12.6. The van der Waals surface area contributed by atoms with E-state index in [2.05, 4.69) is 10.6 Å². The van der Waals surface area contributed by atoms with E-state index in [4.69, 9.17) is 9.84 Å². The van der Waals surface area contributed by atoms with Crippen LogP contribution in [0.1, 0.15) is 6.42 Å². The van der Waals surface area contributed by atoms with Crippen LogP contribution < -0.4 is 10.6 Å². The molecule has 3 N–H and O–H groups in total. The molecule has 9 nitrogen and oxygen atoms in total. The molecular weight excluding hydrogens is 358 g/mol. The highest BCUT2D eigenvalue weighted by Gasteiger charge is 2.35. The fraction of sp³-hybridized carbons (Fsp3) is 0.538. The van der Waals surface area contributed by atoms with Crippen molar-refractivity contribution in [2.75, 3.05) is 32.8 Å². The van der Waals surface area contributed by atoms with Crippen LogP contribution >= 0.6 is 11.3 Å². The average Bonchev–Trinajstić information content (AvgIpc) is 3.13. The Balaban J connectivity index is 2.00. The average molecular weight is 377 g/mol. The lowest BCUT2D eigenvalue weighted by Gasteiger charge is -2.34. The molecule has 1 fully saturated rings. The molecule has 1 aliphatic rings. The molecule has 1 atom stereocenters. The third kappa shape index (κ3) is 4.51. The Morgan fingerprint density at radius 3 is 2.79 bits per heavy atom. The van der Waals surface area contributed by atoms with Crippen LogP contribution in [-0.2, 0) is 24.3 Å². The molecule has 0 saturated carbocycles. The minimum atomic E-state index is -3.71. The van der Waals surface area contributed by atoms with Crippen molar-refractivity contribution >= 4 is 33.2 Å². The van der Waals surface area contributed by atoms with Gasteiger partial charge in [-0.15, -0.1) is 11.3 Å². The van der Waals surface area contributed by atoms with E-state index in [1.807, 2.05) is 0 Å². The van der Waals surface area contributed by atoms with E-state index in [0.717, 1.165) is 11.3 Å². The van der Waals surface area contributed by atoms with Gasteiger partial charge >= 0.3 is 11.8 Å². The minimum Gasteiger partial charge on any atom is -0.395 e. The summed E-state index contributed by atoms with van der Waals surface area (Å²) in [6, 6.07) is 3.15. The summed E-state index contributed by atoms with van der Waals surface area (Å²) in [5.41, 5.74) is 0. The Hall–Kier alpha value is -1.53. The van der Waals surface area contributed by atoms with Gasteiger partial charge < -0.3 is 20.5 Å². The summed E-state index contributed by atoms with van der Waals surface area (Å²) in [6.07, 6.45) is -0.327. The number of carbonyl (C=O) groups is 2. The first-order chi connectivity index (χ1) is 11.5. The molecule has 0 aliphatic carbocycles. The predicted octanol–water partition coefficient (Wildman–Crippen LogP) is -1.29. The number of nitrogens with one attached hydrogen (secondary N) is 2. The lowest BCUT2D eigenvalue weighted by molar-refractivity contribution is -0.140. The highest BCUT2D eigenvalue weighted by atomic mass is 32.2. The first kappa shape index (κ1) is 18.8. The van der Waals surface area contributed by atoms with Crippen molar-refractivity contribution < 1.29 is 27.9 Å². The molecule has 0 bridgehead atoms. The fourth-order valence-corrected chi connectivity index (χ4v) is 4.82. The maximum absolute atomic E-state index is 12.6. The van der Waals surface area contributed by atoms with E-state index in [1.165, 1.54) is 10.4 Å². The van der Waals surface area contributed by atoms with Crippen molar-refractivity contribution in [3.05, 3.63) is 17.5 Å². The summed E-state index contributed by atoms with van der Waals surface area (Å²) in [7, 11) is -3.71. The van der Waals surface area contributed by atoms with Gasteiger partial charge in [0, 0.05) is 13.1 Å². The molecular formula is C13H19N3O6S2. The molecule has 24 heavy (non-hydrogen) atoms. The number of amides is 2. The van der Waals surface area contributed by atoms with E-state index in [1.54, 1.807) is 11.4 Å². The molecule has 2 rings (SSSR count). The Kier molecular flexibility index (Phi) is 6.69. The highest BCUT2D eigenvalue weighted by molar-refractivity contribution is 7.91. The molecule has 0 unspecified atom stereocenters. The molecule has 1 saturated heterocycles. The van der Waals surface area contributed by atoms with Crippen molar-refractivity contribution in [2.45, 2.75) is 16.9 Å². The lowest BCUT2D eigenvalue weighted by atomic mass is 10.3. The molecule has 11 heteroatoms. The number of ether oxygens (including phenoxy) is 1. The number of carbonyl (C=O) groups excluding carboxylic acids is 2. The molecule has 0 radical (unpaired) electrons. The number of hydrogen-bond donors (Lipinski definition) is 3. The number of aliphatic hydroxyl groups is 1. The largest absolute Gasteiger partial charge is 0.395 e. The summed E-state index contributed by atoms with van der Waals surface area (Å²) in [4.78, 5) is 23.1. The van der Waals surface area contributed by atoms with Crippen LogP contribution in [0.3, 0.4) is 0 Å². The van der Waals surface area contributed by atoms with Crippen LogP contribution in [0, 0.1) is 0 Å². The maximum Gasteiger partial charge on any atom is 0.309 e. The zero-order valence-electron chi connectivity index (χ0n) is 12.8. The van der Waals surface area contributed by atoms with Gasteiger partial charge in [0.15, 0.2) is 0 Å². The van der Waals surface area contributed by atoms with E-state index >= 15 is 0 Å². The van der Waals surface area contributed by atoms with Gasteiger partial charge in [-0.05, 0) is 17.9 Å². The number of rotatable bonds is 6. The van der Waals surface area contributed by atoms with E-state index in [0.29, 0.717) is 13.0 Å². The number of nitrogens with zero attached hydrogens (tertiary/aromatic N) is 1. The van der Waals surface area contributed by atoms with Crippen molar-refractivity contribution in [3.8, 4) is 0 Å². The van der Waals surface area contributed by atoms with Crippen LogP contribution in [0.5, 0.6) is 0 Å². The van der Waals surface area contributed by atoms with Crippen LogP contribution in [0.2, 0.25) is 0 Å². The van der Waals surface area contributed by atoms with Crippen molar-refractivity contribution in [3.63, 3.8) is 0 Å². The van der Waals surface area contributed by atoms with E-state index < -0.39 is 28.1 Å². The topological polar surface area (TPSA) is 125 Å². The molecule has 2 heterocycles. The highest BCUT2D eigenvalue weighted by Crippen LogP contribution is 2.25. The summed E-state index contributed by atoms with van der Waals surface area (Å²) in [5, 5.41) is 14.8. The van der Waals surface area contributed by atoms with Gasteiger partial charge in [0.25, 0.3) is 10.0 Å². The molecule has 1 aliphatic heterocycles. The quantitative estimate of drug-likeness (QED) is 0.530. The third-order valence-electron chi connectivity index (χ3n) is 3.25. The van der Waals surface area contributed by atoms with Crippen LogP contribution in [0.4, 0.5) is 0 Å². The molecule has 0 spiro atoms. The van der Waals surface area contributed by atoms with Gasteiger partial charge in [-0.3, -0.25) is 9.59 Å². The van der Waals surface area contributed by atoms with E-state index in [-0.39, 0.29) is 30.5 Å². The van der Waals surface area contributed by atoms with Gasteiger partial charge in [0.1, 0.15) is 10.4 Å². The molecule has 1 aromatic rings. The van der Waals surface area contributed by atoms with Gasteiger partial charge in [0.05, 0.1) is 19.8 Å². The first-order valence-electron chi connectivity index (χ1n) is 7.30. The molecule has 134 valence electrons. The molecule has 1 aromatic heterocycles. The second-order valence-electron chi connectivity index (χ2n) is 4.92. The number of sulfonamides is 1. The van der Waals surface area contributed by atoms with Gasteiger partial charge in [-0.2, -0.15) is 4.31 Å². The lowest BCUT2D eigenvalue weighted by Crippen LogP contribution is -2.53. The van der Waals surface area contributed by atoms with E-state index in [9.17, 15) is 18.0 Å². The number of hydrogen-bond acceptors (Lipinski definition) is 7. The Morgan fingerprint density at radius 2 is 2.12 bits per heavy atom. The Morgan fingerprint density at radius 1 is 1.38 bits per heavy atom. The number of thiophene rings is 1. The minimum absolute atomic E-state index is 0.0366. The van der Waals surface area contributed by atoms with Crippen LogP contribution in [-0.4, -0.2) is 68.7 Å². The Bertz CT molecular complexity index is 661. The Labute approximate surface area is 143 Å². The van der Waals surface area contributed by atoms with Crippen LogP contribution in [0.25, 0.3) is 0 Å². The third-order valence-corrected chi connectivity index (χ3v) is 6.52. The second kappa shape index (κ2) is 8.53. The summed E-state index contributed by atoms with van der Waals surface area (Å²) >= 11 is 1.10. The smallest absolute Gasteiger partial charge is 0.309 e. The molecule has 0 aromatic carbocycles. The van der Waals surface area contributed by atoms with Crippen molar-refractivity contribution in [1.29, 1.82) is 0 Å². The molecule has 2 amide bonds. The summed E-state index contributed by atoms with van der Waals surface area (Å²) in [5.74, 6) is -1.81. The van der Waals surface area contributed by atoms with Gasteiger partial charge in [-0.25, -0.2) is 8.42 Å². The van der Waals surface area contributed by atoms with Crippen molar-refractivity contribution in [1.82, 2.24) is 14.9 Å². The first-order valence-corrected chi connectivity index (χ1v) is 9.62. The van der Waals surface area contributed by atoms with Crippen LogP contribution in [0.15, 0.2) is 21.7 Å².